The fourth-order valence-electron chi connectivity index (χ4n) is 1.57. The Bertz CT molecular complexity index is 522. The molecular formula is C11H12ClN3O. The van der Waals surface area contributed by atoms with Crippen LogP contribution in [0.25, 0.3) is 5.69 Å². The summed E-state index contributed by atoms with van der Waals surface area (Å²) in [4.78, 5) is 4.21. The molecular weight excluding hydrogens is 226 g/mol. The van der Waals surface area contributed by atoms with Crippen molar-refractivity contribution in [1.29, 1.82) is 0 Å². The second-order valence-corrected chi connectivity index (χ2v) is 3.97. The maximum atomic E-state index is 8.99. The van der Waals surface area contributed by atoms with Crippen LogP contribution < -0.4 is 0 Å². The Morgan fingerprint density at radius 3 is 2.62 bits per heavy atom. The van der Waals surface area contributed by atoms with Crippen molar-refractivity contribution in [1.82, 2.24) is 14.8 Å². The molecule has 0 radical (unpaired) electrons. The van der Waals surface area contributed by atoms with E-state index in [2.05, 4.69) is 10.1 Å². The summed E-state index contributed by atoms with van der Waals surface area (Å²) in [5.41, 5.74) is 1.56. The van der Waals surface area contributed by atoms with Gasteiger partial charge in [-0.25, -0.2) is 9.67 Å². The van der Waals surface area contributed by atoms with E-state index in [0.717, 1.165) is 17.1 Å². The molecule has 0 saturated heterocycles. The number of aliphatic hydroxyl groups is 1. The van der Waals surface area contributed by atoms with Crippen molar-refractivity contribution in [2.24, 2.45) is 0 Å². The molecule has 0 aliphatic heterocycles. The predicted octanol–water partition coefficient (Wildman–Crippen LogP) is 2.03. The molecule has 0 saturated carbocycles. The summed E-state index contributed by atoms with van der Waals surface area (Å²) in [6.45, 7) is 3.69. The van der Waals surface area contributed by atoms with Gasteiger partial charge in [-0.2, -0.15) is 5.10 Å². The van der Waals surface area contributed by atoms with E-state index in [-0.39, 0.29) is 6.61 Å². The number of aryl methyl sites for hydroxylation is 2. The smallest absolute Gasteiger partial charge is 0.148 e. The van der Waals surface area contributed by atoms with Gasteiger partial charge in [-0.1, -0.05) is 17.7 Å². The van der Waals surface area contributed by atoms with E-state index in [1.54, 1.807) is 10.7 Å². The third kappa shape index (κ3) is 1.94. The van der Waals surface area contributed by atoms with Crippen molar-refractivity contribution < 1.29 is 5.11 Å². The van der Waals surface area contributed by atoms with Crippen LogP contribution in [0.2, 0.25) is 5.02 Å². The number of benzene rings is 1. The lowest BCUT2D eigenvalue weighted by atomic mass is 10.2. The zero-order valence-corrected chi connectivity index (χ0v) is 9.86. The van der Waals surface area contributed by atoms with Crippen LogP contribution in [-0.4, -0.2) is 19.9 Å². The Morgan fingerprint density at radius 1 is 1.38 bits per heavy atom. The third-order valence-electron chi connectivity index (χ3n) is 2.30. The molecule has 1 N–H and O–H groups in total. The molecule has 0 aliphatic carbocycles. The second-order valence-electron chi connectivity index (χ2n) is 3.56. The van der Waals surface area contributed by atoms with Crippen LogP contribution in [0.4, 0.5) is 0 Å². The van der Waals surface area contributed by atoms with Crippen molar-refractivity contribution in [3.63, 3.8) is 0 Å². The van der Waals surface area contributed by atoms with Crippen molar-refractivity contribution in [3.8, 4) is 5.69 Å². The van der Waals surface area contributed by atoms with Gasteiger partial charge in [0.05, 0.1) is 17.3 Å². The van der Waals surface area contributed by atoms with Gasteiger partial charge < -0.3 is 5.11 Å². The average molecular weight is 238 g/mol. The Labute approximate surface area is 98.5 Å². The molecule has 2 aromatic rings. The molecule has 0 atom stereocenters. The summed E-state index contributed by atoms with van der Waals surface area (Å²) < 4.78 is 1.69. The van der Waals surface area contributed by atoms with E-state index >= 15 is 0 Å². The number of hydrogen-bond acceptors (Lipinski definition) is 3. The van der Waals surface area contributed by atoms with Crippen LogP contribution in [0.1, 0.15) is 17.2 Å². The molecule has 0 aliphatic rings. The summed E-state index contributed by atoms with van der Waals surface area (Å²) in [5, 5.41) is 13.8. The molecule has 5 heteroatoms. The van der Waals surface area contributed by atoms with Crippen molar-refractivity contribution in [2.75, 3.05) is 0 Å². The van der Waals surface area contributed by atoms with Crippen molar-refractivity contribution in [2.45, 2.75) is 20.5 Å². The number of halogens is 1. The predicted molar refractivity (Wildman–Crippen MR) is 61.8 cm³/mol. The molecule has 1 heterocycles. The fourth-order valence-corrected chi connectivity index (χ4v) is 1.85. The first kappa shape index (κ1) is 11.1. The molecule has 4 nitrogen and oxygen atoms in total. The second kappa shape index (κ2) is 4.23. The first-order valence-electron chi connectivity index (χ1n) is 4.91. The summed E-state index contributed by atoms with van der Waals surface area (Å²) in [6, 6.07) is 5.38. The molecule has 1 aromatic heterocycles. The first-order valence-corrected chi connectivity index (χ1v) is 5.29. The van der Waals surface area contributed by atoms with E-state index in [9.17, 15) is 0 Å². The molecule has 2 rings (SSSR count). The van der Waals surface area contributed by atoms with Crippen LogP contribution in [0.5, 0.6) is 0 Å². The van der Waals surface area contributed by atoms with E-state index in [0.29, 0.717) is 10.8 Å². The van der Waals surface area contributed by atoms with E-state index in [1.165, 1.54) is 0 Å². The van der Waals surface area contributed by atoms with E-state index < -0.39 is 0 Å². The van der Waals surface area contributed by atoms with Crippen LogP contribution in [0, 0.1) is 13.8 Å². The van der Waals surface area contributed by atoms with Crippen LogP contribution >= 0.6 is 11.6 Å². The van der Waals surface area contributed by atoms with Crippen molar-refractivity contribution >= 4 is 11.6 Å². The Hall–Kier alpha value is -1.39. The highest BCUT2D eigenvalue weighted by Crippen LogP contribution is 2.22. The lowest BCUT2D eigenvalue weighted by Crippen LogP contribution is -2.00. The van der Waals surface area contributed by atoms with Gasteiger partial charge in [-0.05, 0) is 31.5 Å². The molecule has 84 valence electrons. The molecule has 0 bridgehead atoms. The monoisotopic (exact) mass is 237 g/mol. The molecule has 0 amide bonds. The standard InChI is InChI=1S/C11H12ClN3O/c1-7-13-8(2)15(14-7)11-4-3-9(6-16)5-10(11)12/h3-5,16H,6H2,1-2H3. The van der Waals surface area contributed by atoms with Crippen LogP contribution in [0.3, 0.4) is 0 Å². The van der Waals surface area contributed by atoms with Gasteiger partial charge in [-0.3, -0.25) is 0 Å². The highest BCUT2D eigenvalue weighted by Gasteiger charge is 2.09. The highest BCUT2D eigenvalue weighted by atomic mass is 35.5. The van der Waals surface area contributed by atoms with E-state index in [4.69, 9.17) is 16.7 Å². The number of hydrogen-bond donors (Lipinski definition) is 1. The van der Waals surface area contributed by atoms with Gasteiger partial charge >= 0.3 is 0 Å². The topological polar surface area (TPSA) is 50.9 Å². The number of aliphatic hydroxyl groups excluding tert-OH is 1. The van der Waals surface area contributed by atoms with Crippen molar-refractivity contribution in [3.05, 3.63) is 40.4 Å². The Balaban J connectivity index is 2.52. The first-order chi connectivity index (χ1) is 7.61. The molecule has 0 spiro atoms. The number of rotatable bonds is 2. The molecule has 0 unspecified atom stereocenters. The Kier molecular flexibility index (Phi) is 2.94. The quantitative estimate of drug-likeness (QED) is 0.870. The van der Waals surface area contributed by atoms with Gasteiger partial charge in [0, 0.05) is 0 Å². The Morgan fingerprint density at radius 2 is 2.12 bits per heavy atom. The maximum Gasteiger partial charge on any atom is 0.148 e. The minimum absolute atomic E-state index is 0.0185. The fraction of sp³-hybridized carbons (Fsp3) is 0.273. The highest BCUT2D eigenvalue weighted by molar-refractivity contribution is 6.32. The van der Waals surface area contributed by atoms with Gasteiger partial charge in [-0.15, -0.1) is 0 Å². The minimum Gasteiger partial charge on any atom is -0.392 e. The summed E-state index contributed by atoms with van der Waals surface area (Å²) in [5.74, 6) is 1.50. The van der Waals surface area contributed by atoms with E-state index in [1.807, 2.05) is 26.0 Å². The normalized spacial score (nSPS) is 10.8. The average Bonchev–Trinajstić information content (AvgIpc) is 2.57. The number of nitrogens with zero attached hydrogens (tertiary/aromatic N) is 3. The van der Waals surface area contributed by atoms with Crippen LogP contribution in [-0.2, 0) is 6.61 Å². The van der Waals surface area contributed by atoms with Gasteiger partial charge in [0.2, 0.25) is 0 Å². The lowest BCUT2D eigenvalue weighted by Gasteiger charge is -2.06. The summed E-state index contributed by atoms with van der Waals surface area (Å²) >= 11 is 6.12. The number of aromatic nitrogens is 3. The SMILES string of the molecule is Cc1nc(C)n(-c2ccc(CO)cc2Cl)n1. The molecule has 1 aromatic carbocycles. The van der Waals surface area contributed by atoms with Gasteiger partial charge in [0.15, 0.2) is 0 Å². The van der Waals surface area contributed by atoms with Crippen LogP contribution in [0.15, 0.2) is 18.2 Å². The van der Waals surface area contributed by atoms with Gasteiger partial charge in [0.1, 0.15) is 11.6 Å². The minimum atomic E-state index is -0.0185. The lowest BCUT2D eigenvalue weighted by molar-refractivity contribution is 0.282. The molecule has 0 fully saturated rings. The molecule has 16 heavy (non-hydrogen) atoms. The largest absolute Gasteiger partial charge is 0.392 e. The summed E-state index contributed by atoms with van der Waals surface area (Å²) in [7, 11) is 0. The zero-order valence-electron chi connectivity index (χ0n) is 9.11. The zero-order chi connectivity index (χ0) is 11.7. The third-order valence-corrected chi connectivity index (χ3v) is 2.60. The summed E-state index contributed by atoms with van der Waals surface area (Å²) in [6.07, 6.45) is 0. The van der Waals surface area contributed by atoms with Gasteiger partial charge in [0.25, 0.3) is 0 Å². The maximum absolute atomic E-state index is 8.99.